The summed E-state index contributed by atoms with van der Waals surface area (Å²) in [6.45, 7) is 4.40. The van der Waals surface area contributed by atoms with Crippen molar-refractivity contribution in [3.05, 3.63) is 82.5 Å². The molecule has 104 valence electrons. The third-order valence-corrected chi connectivity index (χ3v) is 3.19. The Kier molecular flexibility index (Phi) is 3.83. The van der Waals surface area contributed by atoms with E-state index in [1.54, 1.807) is 0 Å². The van der Waals surface area contributed by atoms with Gasteiger partial charge in [0.15, 0.2) is 0 Å². The molecule has 0 aliphatic rings. The lowest BCUT2D eigenvalue weighted by Gasteiger charge is -2.03. The van der Waals surface area contributed by atoms with E-state index in [4.69, 9.17) is 4.74 Å². The zero-order valence-electron chi connectivity index (χ0n) is 11.6. The van der Waals surface area contributed by atoms with Crippen LogP contribution >= 0.6 is 0 Å². The molecule has 0 atom stereocenters. The predicted molar refractivity (Wildman–Crippen MR) is 84.1 cm³/mol. The number of para-hydroxylation sites is 1. The zero-order valence-corrected chi connectivity index (χ0v) is 11.6. The highest BCUT2D eigenvalue weighted by Gasteiger charge is 2.02. The van der Waals surface area contributed by atoms with E-state index in [0.717, 1.165) is 27.6 Å². The predicted octanol–water partition coefficient (Wildman–Crippen LogP) is 2.23. The van der Waals surface area contributed by atoms with Crippen molar-refractivity contribution < 1.29 is 4.74 Å². The van der Waals surface area contributed by atoms with Crippen molar-refractivity contribution in [1.82, 2.24) is 10.2 Å². The van der Waals surface area contributed by atoms with Crippen LogP contribution < -0.4 is 15.3 Å². The van der Waals surface area contributed by atoms with Crippen molar-refractivity contribution in [1.29, 1.82) is 0 Å². The molecule has 3 rings (SSSR count). The van der Waals surface area contributed by atoms with Crippen molar-refractivity contribution in [2.75, 3.05) is 0 Å². The molecular formula is C18H16N2O. The van der Waals surface area contributed by atoms with E-state index in [0.29, 0.717) is 6.61 Å². The van der Waals surface area contributed by atoms with E-state index < -0.39 is 0 Å². The molecule has 0 saturated carbocycles. The minimum atomic E-state index is 0.411. The second-order valence-electron chi connectivity index (χ2n) is 4.72. The highest BCUT2D eigenvalue weighted by molar-refractivity contribution is 5.49. The first-order valence-corrected chi connectivity index (χ1v) is 6.80. The van der Waals surface area contributed by atoms with Crippen LogP contribution in [0.3, 0.4) is 0 Å². The topological polar surface area (TPSA) is 37.9 Å². The van der Waals surface area contributed by atoms with Crippen LogP contribution in [0.1, 0.15) is 11.3 Å². The Morgan fingerprint density at radius 1 is 1.00 bits per heavy atom. The van der Waals surface area contributed by atoms with Crippen LogP contribution in [0.15, 0.2) is 60.7 Å². The Morgan fingerprint density at radius 2 is 1.67 bits per heavy atom. The van der Waals surface area contributed by atoms with Crippen LogP contribution in [0.2, 0.25) is 0 Å². The molecular weight excluding hydrogens is 260 g/mol. The van der Waals surface area contributed by atoms with Gasteiger partial charge in [-0.2, -0.15) is 5.10 Å². The highest BCUT2D eigenvalue weighted by Crippen LogP contribution is 2.09. The average molecular weight is 276 g/mol. The van der Waals surface area contributed by atoms with E-state index in [1.807, 2.05) is 60.7 Å². The summed E-state index contributed by atoms with van der Waals surface area (Å²) < 4.78 is 5.75. The Bertz CT molecular complexity index is 807. The van der Waals surface area contributed by atoms with Gasteiger partial charge in [0.2, 0.25) is 0 Å². The van der Waals surface area contributed by atoms with Crippen molar-refractivity contribution in [2.24, 2.45) is 0 Å². The Labute approximate surface area is 123 Å². The molecule has 0 bridgehead atoms. The first-order valence-electron chi connectivity index (χ1n) is 6.80. The number of hydrogen-bond acceptors (Lipinski definition) is 2. The fourth-order valence-electron chi connectivity index (χ4n) is 2.09. The van der Waals surface area contributed by atoms with Gasteiger partial charge in [-0.3, -0.25) is 5.10 Å². The Morgan fingerprint density at radius 3 is 2.38 bits per heavy atom. The maximum absolute atomic E-state index is 5.75. The highest BCUT2D eigenvalue weighted by atomic mass is 16.5. The quantitative estimate of drug-likeness (QED) is 0.793. The minimum absolute atomic E-state index is 0.411. The number of H-pyrrole nitrogens is 1. The molecule has 1 aromatic heterocycles. The van der Waals surface area contributed by atoms with Crippen molar-refractivity contribution in [2.45, 2.75) is 6.61 Å². The number of rotatable bonds is 4. The summed E-state index contributed by atoms with van der Waals surface area (Å²) in [5.41, 5.74) is 1.97. The van der Waals surface area contributed by atoms with E-state index in [2.05, 4.69) is 22.9 Å². The minimum Gasteiger partial charge on any atom is -0.487 e. The fourth-order valence-corrected chi connectivity index (χ4v) is 2.09. The van der Waals surface area contributed by atoms with Gasteiger partial charge < -0.3 is 4.74 Å². The van der Waals surface area contributed by atoms with Gasteiger partial charge in [-0.1, -0.05) is 55.1 Å². The maximum atomic E-state index is 5.75. The summed E-state index contributed by atoms with van der Waals surface area (Å²) >= 11 is 0. The number of hydrogen-bond donors (Lipinski definition) is 1. The summed E-state index contributed by atoms with van der Waals surface area (Å²) in [7, 11) is 0. The first-order chi connectivity index (χ1) is 10.3. The molecule has 0 radical (unpaired) electrons. The van der Waals surface area contributed by atoms with Gasteiger partial charge in [0.25, 0.3) is 0 Å². The van der Waals surface area contributed by atoms with E-state index >= 15 is 0 Å². The second-order valence-corrected chi connectivity index (χ2v) is 4.72. The molecule has 3 aromatic rings. The van der Waals surface area contributed by atoms with Crippen molar-refractivity contribution >= 4 is 12.7 Å². The molecule has 0 aliphatic heterocycles. The van der Waals surface area contributed by atoms with Crippen LogP contribution in [0.25, 0.3) is 12.7 Å². The Balaban J connectivity index is 1.88. The number of nitrogens with one attached hydrogen (secondary N) is 1. The Hall–Kier alpha value is -2.81. The van der Waals surface area contributed by atoms with E-state index in [1.165, 1.54) is 0 Å². The molecule has 0 amide bonds. The summed E-state index contributed by atoms with van der Waals surface area (Å²) in [5, 5.41) is 8.98. The summed E-state index contributed by atoms with van der Waals surface area (Å²) in [4.78, 5) is 0. The van der Waals surface area contributed by atoms with Crippen LogP contribution in [0.5, 0.6) is 5.75 Å². The molecule has 3 heteroatoms. The number of ether oxygens (including phenoxy) is 1. The number of aromatic nitrogens is 2. The molecule has 0 saturated heterocycles. The van der Waals surface area contributed by atoms with Gasteiger partial charge in [-0.25, -0.2) is 0 Å². The molecule has 1 N–H and O–H groups in total. The average Bonchev–Trinajstić information content (AvgIpc) is 2.88. The second kappa shape index (κ2) is 6.09. The standard InChI is InChI=1S/C18H16N2O/c1-14-17(12-15-8-4-2-5-9-15)18(20-19-14)13-21-16-10-6-3-7-11-16/h2-12,19H,1,13H2. The maximum Gasteiger partial charge on any atom is 0.133 e. The summed E-state index contributed by atoms with van der Waals surface area (Å²) in [6.07, 6.45) is 2.06. The van der Waals surface area contributed by atoms with Crippen LogP contribution in [-0.2, 0) is 6.61 Å². The first kappa shape index (κ1) is 13.2. The SMILES string of the molecule is C=c1[nH]nc(COc2ccccc2)c1=Cc1ccccc1. The molecule has 2 aromatic carbocycles. The van der Waals surface area contributed by atoms with Gasteiger partial charge in [-0.15, -0.1) is 0 Å². The normalized spacial score (nSPS) is 11.5. The summed E-state index contributed by atoms with van der Waals surface area (Å²) in [6, 6.07) is 19.8. The van der Waals surface area contributed by atoms with Gasteiger partial charge >= 0.3 is 0 Å². The molecule has 0 unspecified atom stereocenters. The fraction of sp³-hybridized carbons (Fsp3) is 0.0556. The van der Waals surface area contributed by atoms with Crippen molar-refractivity contribution in [3.63, 3.8) is 0 Å². The van der Waals surface area contributed by atoms with Gasteiger partial charge in [0, 0.05) is 5.22 Å². The van der Waals surface area contributed by atoms with Crippen LogP contribution in [-0.4, -0.2) is 10.2 Å². The largest absolute Gasteiger partial charge is 0.487 e. The summed E-state index contributed by atoms with van der Waals surface area (Å²) in [5.74, 6) is 0.830. The third-order valence-electron chi connectivity index (χ3n) is 3.19. The lowest BCUT2D eigenvalue weighted by Crippen LogP contribution is -2.24. The number of nitrogens with zero attached hydrogens (tertiary/aromatic N) is 1. The molecule has 21 heavy (non-hydrogen) atoms. The molecule has 0 spiro atoms. The molecule has 0 fully saturated rings. The molecule has 0 aliphatic carbocycles. The molecule has 3 nitrogen and oxygen atoms in total. The van der Waals surface area contributed by atoms with E-state index in [9.17, 15) is 0 Å². The van der Waals surface area contributed by atoms with Gasteiger partial charge in [-0.05, 0) is 23.8 Å². The zero-order chi connectivity index (χ0) is 14.5. The monoisotopic (exact) mass is 276 g/mol. The van der Waals surface area contributed by atoms with Crippen LogP contribution in [0.4, 0.5) is 0 Å². The number of aromatic amines is 1. The third kappa shape index (κ3) is 3.20. The van der Waals surface area contributed by atoms with Gasteiger partial charge in [0.1, 0.15) is 18.1 Å². The van der Waals surface area contributed by atoms with Crippen molar-refractivity contribution in [3.8, 4) is 5.75 Å². The molecule has 1 heterocycles. The van der Waals surface area contributed by atoms with E-state index in [-0.39, 0.29) is 0 Å². The van der Waals surface area contributed by atoms with Gasteiger partial charge in [0.05, 0.1) is 5.35 Å². The number of benzene rings is 2. The smallest absolute Gasteiger partial charge is 0.133 e. The lowest BCUT2D eigenvalue weighted by atomic mass is 10.2. The van der Waals surface area contributed by atoms with Crippen LogP contribution in [0, 0.1) is 0 Å². The lowest BCUT2D eigenvalue weighted by molar-refractivity contribution is 0.300.